The van der Waals surface area contributed by atoms with Gasteiger partial charge in [-0.3, -0.25) is 4.68 Å². The van der Waals surface area contributed by atoms with Crippen molar-refractivity contribution in [1.82, 2.24) is 9.78 Å². The fourth-order valence-corrected chi connectivity index (χ4v) is 2.16. The molecule has 2 aromatic rings. The van der Waals surface area contributed by atoms with E-state index in [0.29, 0.717) is 6.54 Å². The smallest absolute Gasteiger partial charge is 0.122 e. The number of benzene rings is 1. The van der Waals surface area contributed by atoms with Crippen molar-refractivity contribution >= 4 is 0 Å². The van der Waals surface area contributed by atoms with Crippen LogP contribution in [0.2, 0.25) is 0 Å². The molecule has 4 nitrogen and oxygen atoms in total. The van der Waals surface area contributed by atoms with Crippen LogP contribution >= 0.6 is 0 Å². The first-order chi connectivity index (χ1) is 8.56. The highest BCUT2D eigenvalue weighted by atomic mass is 16.5. The summed E-state index contributed by atoms with van der Waals surface area (Å²) in [4.78, 5) is 0. The van der Waals surface area contributed by atoms with Gasteiger partial charge in [-0.05, 0) is 43.2 Å². The number of aromatic nitrogens is 2. The third-order valence-corrected chi connectivity index (χ3v) is 3.16. The Kier molecular flexibility index (Phi) is 3.39. The van der Waals surface area contributed by atoms with Gasteiger partial charge in [-0.15, -0.1) is 0 Å². The van der Waals surface area contributed by atoms with Crippen molar-refractivity contribution in [3.63, 3.8) is 0 Å². The molecule has 0 atom stereocenters. The fourth-order valence-electron chi connectivity index (χ4n) is 2.16. The molecule has 0 radical (unpaired) electrons. The zero-order valence-corrected chi connectivity index (χ0v) is 11.3. The quantitative estimate of drug-likeness (QED) is 0.901. The van der Waals surface area contributed by atoms with E-state index in [0.717, 1.165) is 22.7 Å². The molecule has 0 saturated heterocycles. The van der Waals surface area contributed by atoms with E-state index in [9.17, 15) is 0 Å². The minimum Gasteiger partial charge on any atom is -0.496 e. The summed E-state index contributed by atoms with van der Waals surface area (Å²) in [6, 6.07) is 6.22. The molecule has 0 aliphatic rings. The number of ether oxygens (including phenoxy) is 1. The van der Waals surface area contributed by atoms with Crippen molar-refractivity contribution in [2.24, 2.45) is 12.8 Å². The molecule has 2 N–H and O–H groups in total. The van der Waals surface area contributed by atoms with E-state index in [1.165, 1.54) is 11.1 Å². The first kappa shape index (κ1) is 12.6. The van der Waals surface area contributed by atoms with Crippen LogP contribution in [0.1, 0.15) is 16.8 Å². The van der Waals surface area contributed by atoms with Crippen LogP contribution in [0, 0.1) is 13.8 Å². The van der Waals surface area contributed by atoms with Crippen LogP contribution in [-0.4, -0.2) is 16.9 Å². The predicted octanol–water partition coefficient (Wildman–Crippen LogP) is 2.17. The van der Waals surface area contributed by atoms with Gasteiger partial charge < -0.3 is 10.5 Å². The van der Waals surface area contributed by atoms with E-state index in [1.807, 2.05) is 24.7 Å². The molecule has 4 heteroatoms. The summed E-state index contributed by atoms with van der Waals surface area (Å²) in [5.74, 6) is 0.914. The van der Waals surface area contributed by atoms with Gasteiger partial charge in [0, 0.05) is 19.2 Å². The van der Waals surface area contributed by atoms with Crippen LogP contribution in [0.4, 0.5) is 0 Å². The van der Waals surface area contributed by atoms with Crippen LogP contribution in [0.3, 0.4) is 0 Å². The van der Waals surface area contributed by atoms with Gasteiger partial charge in [0.2, 0.25) is 0 Å². The number of hydrogen-bond acceptors (Lipinski definition) is 3. The maximum Gasteiger partial charge on any atom is 0.122 e. The predicted molar refractivity (Wildman–Crippen MR) is 72.6 cm³/mol. The normalized spacial score (nSPS) is 10.7. The molecule has 0 bridgehead atoms. The zero-order valence-electron chi connectivity index (χ0n) is 11.3. The average Bonchev–Trinajstić information content (AvgIpc) is 2.73. The summed E-state index contributed by atoms with van der Waals surface area (Å²) in [6.45, 7) is 4.58. The van der Waals surface area contributed by atoms with Crippen LogP contribution in [0.15, 0.2) is 18.2 Å². The van der Waals surface area contributed by atoms with Gasteiger partial charge >= 0.3 is 0 Å². The summed E-state index contributed by atoms with van der Waals surface area (Å²) in [7, 11) is 3.63. The van der Waals surface area contributed by atoms with Crippen molar-refractivity contribution < 1.29 is 4.74 Å². The third-order valence-electron chi connectivity index (χ3n) is 3.16. The summed E-state index contributed by atoms with van der Waals surface area (Å²) in [5.41, 5.74) is 11.1. The summed E-state index contributed by atoms with van der Waals surface area (Å²) in [6.07, 6.45) is 0. The molecule has 96 valence electrons. The Morgan fingerprint density at radius 3 is 2.50 bits per heavy atom. The second kappa shape index (κ2) is 4.82. The number of nitrogens with zero attached hydrogens (tertiary/aromatic N) is 2. The van der Waals surface area contributed by atoms with Crippen LogP contribution < -0.4 is 10.5 Å². The van der Waals surface area contributed by atoms with Crippen molar-refractivity contribution in [1.29, 1.82) is 0 Å². The van der Waals surface area contributed by atoms with E-state index in [4.69, 9.17) is 10.5 Å². The Labute approximate surface area is 107 Å². The largest absolute Gasteiger partial charge is 0.496 e. The van der Waals surface area contributed by atoms with Gasteiger partial charge in [0.1, 0.15) is 5.75 Å². The average molecular weight is 245 g/mol. The molecule has 18 heavy (non-hydrogen) atoms. The monoisotopic (exact) mass is 245 g/mol. The number of methoxy groups -OCH3 is 1. The highest BCUT2D eigenvalue weighted by molar-refractivity contribution is 5.67. The molecule has 0 fully saturated rings. The van der Waals surface area contributed by atoms with E-state index in [-0.39, 0.29) is 0 Å². The lowest BCUT2D eigenvalue weighted by Gasteiger charge is -2.11. The molecule has 0 unspecified atom stereocenters. The topological polar surface area (TPSA) is 53.1 Å². The summed E-state index contributed by atoms with van der Waals surface area (Å²) in [5, 5.41) is 4.38. The summed E-state index contributed by atoms with van der Waals surface area (Å²) >= 11 is 0. The molecule has 0 amide bonds. The molecule has 0 saturated carbocycles. The molecule has 2 rings (SSSR count). The molecule has 0 spiro atoms. The van der Waals surface area contributed by atoms with Gasteiger partial charge in [-0.2, -0.15) is 5.10 Å². The number of nitrogens with two attached hydrogens (primary N) is 1. The van der Waals surface area contributed by atoms with Crippen molar-refractivity contribution in [2.75, 3.05) is 7.11 Å². The standard InChI is InChI=1S/C14H19N3O/c1-9-6-14(18-4)10(2)5-12(9)13-7-11(8-15)16-17(13)3/h5-7H,8,15H2,1-4H3. The molecule has 1 heterocycles. The lowest BCUT2D eigenvalue weighted by atomic mass is 10.0. The molecule has 0 aliphatic carbocycles. The lowest BCUT2D eigenvalue weighted by molar-refractivity contribution is 0.411. The summed E-state index contributed by atoms with van der Waals surface area (Å²) < 4.78 is 7.20. The number of rotatable bonds is 3. The zero-order chi connectivity index (χ0) is 13.3. The van der Waals surface area contributed by atoms with Gasteiger partial charge in [0.15, 0.2) is 0 Å². The first-order valence-corrected chi connectivity index (χ1v) is 5.95. The van der Waals surface area contributed by atoms with Crippen LogP contribution in [0.5, 0.6) is 5.75 Å². The fraction of sp³-hybridized carbons (Fsp3) is 0.357. The van der Waals surface area contributed by atoms with E-state index >= 15 is 0 Å². The minimum atomic E-state index is 0.460. The molecular weight excluding hydrogens is 226 g/mol. The molecular formula is C14H19N3O. The van der Waals surface area contributed by atoms with Crippen molar-refractivity contribution in [3.8, 4) is 17.0 Å². The first-order valence-electron chi connectivity index (χ1n) is 5.95. The van der Waals surface area contributed by atoms with E-state index < -0.39 is 0 Å². The van der Waals surface area contributed by atoms with Crippen LogP contribution in [-0.2, 0) is 13.6 Å². The van der Waals surface area contributed by atoms with Crippen molar-refractivity contribution in [3.05, 3.63) is 35.0 Å². The highest BCUT2D eigenvalue weighted by Crippen LogP contribution is 2.30. The Bertz CT molecular complexity index is 573. The maximum atomic E-state index is 5.63. The van der Waals surface area contributed by atoms with Gasteiger partial charge in [0.25, 0.3) is 0 Å². The molecule has 1 aromatic carbocycles. The van der Waals surface area contributed by atoms with E-state index in [1.54, 1.807) is 7.11 Å². The van der Waals surface area contributed by atoms with Gasteiger partial charge in [-0.1, -0.05) is 0 Å². The lowest BCUT2D eigenvalue weighted by Crippen LogP contribution is -1.99. The Morgan fingerprint density at radius 1 is 1.22 bits per heavy atom. The second-order valence-electron chi connectivity index (χ2n) is 4.49. The maximum absolute atomic E-state index is 5.63. The van der Waals surface area contributed by atoms with E-state index in [2.05, 4.69) is 24.2 Å². The third kappa shape index (κ3) is 2.11. The number of aryl methyl sites for hydroxylation is 3. The SMILES string of the molecule is COc1cc(C)c(-c2cc(CN)nn2C)cc1C. The van der Waals surface area contributed by atoms with Crippen molar-refractivity contribution in [2.45, 2.75) is 20.4 Å². The highest BCUT2D eigenvalue weighted by Gasteiger charge is 2.11. The van der Waals surface area contributed by atoms with Gasteiger partial charge in [-0.25, -0.2) is 0 Å². The molecule has 0 aliphatic heterocycles. The Morgan fingerprint density at radius 2 is 1.94 bits per heavy atom. The second-order valence-corrected chi connectivity index (χ2v) is 4.49. The Balaban J connectivity index is 2.56. The Hall–Kier alpha value is -1.81. The van der Waals surface area contributed by atoms with Crippen LogP contribution in [0.25, 0.3) is 11.3 Å². The van der Waals surface area contributed by atoms with Gasteiger partial charge in [0.05, 0.1) is 18.5 Å². The molecule has 1 aromatic heterocycles. The number of hydrogen-bond donors (Lipinski definition) is 1. The minimum absolute atomic E-state index is 0.460.